The van der Waals surface area contributed by atoms with E-state index in [0.717, 1.165) is 19.0 Å². The highest BCUT2D eigenvalue weighted by Crippen LogP contribution is 2.30. The minimum Gasteiger partial charge on any atom is -0.350 e. The van der Waals surface area contributed by atoms with Crippen LogP contribution in [-0.2, 0) is 9.57 Å². The monoisotopic (exact) mass is 523 g/mol. The molecule has 1 unspecified atom stereocenters. The maximum absolute atomic E-state index is 14.9. The number of benzene rings is 1. The Morgan fingerprint density at radius 1 is 1.13 bits per heavy atom. The second-order valence-corrected chi connectivity index (χ2v) is 9.24. The topological polar surface area (TPSA) is 116 Å². The van der Waals surface area contributed by atoms with E-state index in [-0.39, 0.29) is 34.3 Å². The highest BCUT2D eigenvalue weighted by molar-refractivity contribution is 5.93. The average Bonchev–Trinajstić information content (AvgIpc) is 3.26. The third-order valence-electron chi connectivity index (χ3n) is 6.15. The van der Waals surface area contributed by atoms with Crippen molar-refractivity contribution in [2.45, 2.75) is 52.4 Å². The Hall–Kier alpha value is -4.03. The maximum atomic E-state index is 14.9. The van der Waals surface area contributed by atoms with Crippen LogP contribution < -0.4 is 10.8 Å². The molecule has 1 fully saturated rings. The molecule has 4 aromatic rings. The number of amides is 1. The first-order valence-corrected chi connectivity index (χ1v) is 12.3. The van der Waals surface area contributed by atoms with E-state index in [1.807, 2.05) is 18.4 Å². The quantitative estimate of drug-likeness (QED) is 0.326. The minimum atomic E-state index is -0.705. The third kappa shape index (κ3) is 5.31. The Balaban J connectivity index is 1.33. The van der Waals surface area contributed by atoms with Gasteiger partial charge in [-0.1, -0.05) is 0 Å². The first kappa shape index (κ1) is 25.6. The van der Waals surface area contributed by atoms with Gasteiger partial charge in [-0.05, 0) is 57.9 Å². The Kier molecular flexibility index (Phi) is 7.25. The third-order valence-corrected chi connectivity index (χ3v) is 6.15. The standard InChI is InChI=1S/C26H27F2N7O3/c1-14(2)35-15(3)31-24-18(27)10-17(11-20(24)35)23-19(28)13-30-26(33-23)32-21-8-7-16(12-29-21)25(36)34-38-22-6-4-5-9-37-22/h7-8,10-14,22H,4-6,9H2,1-3H3,(H,34,36)(H,29,30,32,33). The Bertz CT molecular complexity index is 1470. The molecule has 5 rings (SSSR count). The highest BCUT2D eigenvalue weighted by Gasteiger charge is 2.19. The molecule has 0 radical (unpaired) electrons. The molecule has 38 heavy (non-hydrogen) atoms. The number of hydrogen-bond acceptors (Lipinski definition) is 8. The average molecular weight is 524 g/mol. The van der Waals surface area contributed by atoms with Crippen LogP contribution in [0.1, 0.15) is 55.3 Å². The predicted octanol–water partition coefficient (Wildman–Crippen LogP) is 4.99. The zero-order valence-electron chi connectivity index (χ0n) is 21.2. The maximum Gasteiger partial charge on any atom is 0.276 e. The highest BCUT2D eigenvalue weighted by atomic mass is 19.1. The molecule has 1 amide bonds. The van der Waals surface area contributed by atoms with Crippen molar-refractivity contribution in [2.75, 3.05) is 11.9 Å². The lowest BCUT2D eigenvalue weighted by Gasteiger charge is -2.22. The van der Waals surface area contributed by atoms with Gasteiger partial charge in [0.25, 0.3) is 5.91 Å². The van der Waals surface area contributed by atoms with Gasteiger partial charge in [-0.2, -0.15) is 0 Å². The van der Waals surface area contributed by atoms with Crippen molar-refractivity contribution in [1.29, 1.82) is 0 Å². The zero-order valence-corrected chi connectivity index (χ0v) is 21.2. The molecule has 198 valence electrons. The van der Waals surface area contributed by atoms with Crippen molar-refractivity contribution in [3.05, 3.63) is 59.7 Å². The van der Waals surface area contributed by atoms with E-state index in [0.29, 0.717) is 30.2 Å². The molecule has 0 saturated carbocycles. The van der Waals surface area contributed by atoms with E-state index in [2.05, 4.69) is 30.7 Å². The predicted molar refractivity (Wildman–Crippen MR) is 135 cm³/mol. The lowest BCUT2D eigenvalue weighted by molar-refractivity contribution is -0.186. The summed E-state index contributed by atoms with van der Waals surface area (Å²) in [7, 11) is 0. The Labute approximate surface area is 217 Å². The fraction of sp³-hybridized carbons (Fsp3) is 0.346. The van der Waals surface area contributed by atoms with E-state index < -0.39 is 23.8 Å². The summed E-state index contributed by atoms with van der Waals surface area (Å²) in [5.74, 6) is -0.699. The van der Waals surface area contributed by atoms with Gasteiger partial charge in [0.1, 0.15) is 22.9 Å². The van der Waals surface area contributed by atoms with E-state index in [1.54, 1.807) is 25.1 Å². The molecule has 1 aliphatic heterocycles. The smallest absolute Gasteiger partial charge is 0.276 e. The molecule has 0 spiro atoms. The molecule has 1 atom stereocenters. The number of hydroxylamine groups is 1. The lowest BCUT2D eigenvalue weighted by Crippen LogP contribution is -2.33. The van der Waals surface area contributed by atoms with Gasteiger partial charge in [0.15, 0.2) is 17.9 Å². The van der Waals surface area contributed by atoms with Crippen molar-refractivity contribution in [3.63, 3.8) is 0 Å². The largest absolute Gasteiger partial charge is 0.350 e. The number of anilines is 2. The van der Waals surface area contributed by atoms with Gasteiger partial charge in [0.05, 0.1) is 17.3 Å². The number of hydrogen-bond donors (Lipinski definition) is 2. The summed E-state index contributed by atoms with van der Waals surface area (Å²) in [5, 5.41) is 2.88. The minimum absolute atomic E-state index is 0.0328. The number of pyridine rings is 1. The number of fused-ring (bicyclic) bond motifs is 1. The van der Waals surface area contributed by atoms with Gasteiger partial charge >= 0.3 is 0 Å². The van der Waals surface area contributed by atoms with Crippen molar-refractivity contribution in [2.24, 2.45) is 0 Å². The Morgan fingerprint density at radius 3 is 2.68 bits per heavy atom. The number of carbonyl (C=O) groups excluding carboxylic acids is 1. The van der Waals surface area contributed by atoms with Crippen LogP contribution in [0.2, 0.25) is 0 Å². The zero-order chi connectivity index (χ0) is 26.8. The number of aryl methyl sites for hydroxylation is 1. The molecule has 1 aromatic carbocycles. The van der Waals surface area contributed by atoms with Gasteiger partial charge in [0, 0.05) is 30.8 Å². The summed E-state index contributed by atoms with van der Waals surface area (Å²) < 4.78 is 37.0. The number of aromatic nitrogens is 5. The molecule has 1 aliphatic rings. The summed E-state index contributed by atoms with van der Waals surface area (Å²) >= 11 is 0. The van der Waals surface area contributed by atoms with Gasteiger partial charge in [-0.15, -0.1) is 0 Å². The SMILES string of the molecule is Cc1nc2c(F)cc(-c3nc(Nc4ccc(C(=O)NOC5CCCCO5)cn4)ncc3F)cc2n1C(C)C. The first-order valence-electron chi connectivity index (χ1n) is 12.3. The molecule has 3 aromatic heterocycles. The fourth-order valence-corrected chi connectivity index (χ4v) is 4.39. The number of nitrogens with one attached hydrogen (secondary N) is 2. The van der Waals surface area contributed by atoms with Gasteiger partial charge in [0.2, 0.25) is 5.95 Å². The fourth-order valence-electron chi connectivity index (χ4n) is 4.39. The molecule has 12 heteroatoms. The van der Waals surface area contributed by atoms with Crippen molar-refractivity contribution in [1.82, 2.24) is 30.0 Å². The number of ether oxygens (including phenoxy) is 1. The second kappa shape index (κ2) is 10.8. The number of rotatable bonds is 7. The molecule has 10 nitrogen and oxygen atoms in total. The number of carbonyl (C=O) groups is 1. The molecule has 4 heterocycles. The molecule has 0 aliphatic carbocycles. The number of nitrogens with zero attached hydrogens (tertiary/aromatic N) is 5. The lowest BCUT2D eigenvalue weighted by atomic mass is 10.1. The summed E-state index contributed by atoms with van der Waals surface area (Å²) in [6, 6.07) is 6.00. The van der Waals surface area contributed by atoms with E-state index in [4.69, 9.17) is 9.57 Å². The summed E-state index contributed by atoms with van der Waals surface area (Å²) in [5.41, 5.74) is 3.59. The first-order chi connectivity index (χ1) is 18.3. The van der Waals surface area contributed by atoms with E-state index in [9.17, 15) is 13.6 Å². The second-order valence-electron chi connectivity index (χ2n) is 9.24. The van der Waals surface area contributed by atoms with Crippen LogP contribution in [0.3, 0.4) is 0 Å². The molecule has 2 N–H and O–H groups in total. The number of halogens is 2. The van der Waals surface area contributed by atoms with E-state index in [1.165, 1.54) is 12.3 Å². The van der Waals surface area contributed by atoms with Crippen LogP contribution in [0.5, 0.6) is 0 Å². The van der Waals surface area contributed by atoms with Crippen LogP contribution in [0.25, 0.3) is 22.3 Å². The Morgan fingerprint density at radius 2 is 1.97 bits per heavy atom. The van der Waals surface area contributed by atoms with Gasteiger partial charge < -0.3 is 14.6 Å². The molecular weight excluding hydrogens is 496 g/mol. The summed E-state index contributed by atoms with van der Waals surface area (Å²) in [6.45, 7) is 6.33. The van der Waals surface area contributed by atoms with Crippen LogP contribution in [0.4, 0.5) is 20.5 Å². The van der Waals surface area contributed by atoms with Crippen molar-refractivity contribution in [3.8, 4) is 11.3 Å². The molecule has 0 bridgehead atoms. The number of imidazole rings is 1. The van der Waals surface area contributed by atoms with E-state index >= 15 is 0 Å². The van der Waals surface area contributed by atoms with Crippen molar-refractivity contribution >= 4 is 28.7 Å². The van der Waals surface area contributed by atoms with Crippen LogP contribution in [0, 0.1) is 18.6 Å². The molecule has 1 saturated heterocycles. The van der Waals surface area contributed by atoms with Crippen LogP contribution in [0.15, 0.2) is 36.7 Å². The summed E-state index contributed by atoms with van der Waals surface area (Å²) in [4.78, 5) is 34.4. The van der Waals surface area contributed by atoms with Crippen LogP contribution in [-0.4, -0.2) is 43.3 Å². The van der Waals surface area contributed by atoms with Crippen LogP contribution >= 0.6 is 0 Å². The van der Waals surface area contributed by atoms with Crippen molar-refractivity contribution < 1.29 is 23.1 Å². The summed E-state index contributed by atoms with van der Waals surface area (Å²) in [6.07, 6.45) is 4.55. The van der Waals surface area contributed by atoms with Gasteiger partial charge in [-0.25, -0.2) is 39.0 Å². The normalized spacial score (nSPS) is 15.7. The molecular formula is C26H27F2N7O3. The van der Waals surface area contributed by atoms with Gasteiger partial charge in [-0.3, -0.25) is 4.79 Å².